The van der Waals surface area contributed by atoms with E-state index in [4.69, 9.17) is 17.3 Å². The quantitative estimate of drug-likeness (QED) is 0.116. The van der Waals surface area contributed by atoms with Gasteiger partial charge in [0.05, 0.1) is 16.5 Å². The highest BCUT2D eigenvalue weighted by Crippen LogP contribution is 2.29. The summed E-state index contributed by atoms with van der Waals surface area (Å²) in [4.78, 5) is 51.9. The third-order valence-electron chi connectivity index (χ3n) is 6.19. The normalized spacial score (nSPS) is 11.7. The van der Waals surface area contributed by atoms with Crippen LogP contribution in [0, 0.1) is 0 Å². The summed E-state index contributed by atoms with van der Waals surface area (Å²) in [6.45, 7) is 1.88. The summed E-state index contributed by atoms with van der Waals surface area (Å²) < 4.78 is 0. The number of primary amides is 1. The minimum absolute atomic E-state index is 0.0353. The molecule has 0 spiro atoms. The standard InChI is InChI=1S/C33H29ClN4O4S/c1-2-29(33(42)37-27-14-7-6-13-26(27)30(35)39)43-25-12-8-11-24(20-25)36-32(41)28(19-21-15-17-23(34)18-16-21)38-31(40)22-9-4-3-5-10-22/h3-20,29H,2H2,1H3,(H2,35,39)(H,36,41)(H,37,42)(H,38,40)/b28-19+. The number of thioether (sulfide) groups is 1. The molecule has 43 heavy (non-hydrogen) atoms. The fourth-order valence-electron chi connectivity index (χ4n) is 4.02. The van der Waals surface area contributed by atoms with Crippen LogP contribution in [0.15, 0.2) is 114 Å². The molecule has 0 bridgehead atoms. The molecule has 10 heteroatoms. The molecule has 5 N–H and O–H groups in total. The number of amides is 4. The lowest BCUT2D eigenvalue weighted by atomic mass is 10.1. The summed E-state index contributed by atoms with van der Waals surface area (Å²) in [5.41, 5.74) is 7.59. The zero-order valence-corrected chi connectivity index (χ0v) is 24.7. The van der Waals surface area contributed by atoms with Crippen molar-refractivity contribution in [2.24, 2.45) is 5.73 Å². The molecule has 4 aromatic carbocycles. The molecule has 218 valence electrons. The van der Waals surface area contributed by atoms with E-state index in [-0.39, 0.29) is 17.2 Å². The van der Waals surface area contributed by atoms with Gasteiger partial charge in [0.25, 0.3) is 17.7 Å². The van der Waals surface area contributed by atoms with Crippen molar-refractivity contribution in [2.75, 3.05) is 10.6 Å². The molecule has 4 amide bonds. The Balaban J connectivity index is 1.50. The molecule has 4 aromatic rings. The Morgan fingerprint density at radius 2 is 1.56 bits per heavy atom. The topological polar surface area (TPSA) is 130 Å². The summed E-state index contributed by atoms with van der Waals surface area (Å²) in [7, 11) is 0. The van der Waals surface area contributed by atoms with Crippen molar-refractivity contribution in [1.82, 2.24) is 5.32 Å². The van der Waals surface area contributed by atoms with E-state index in [2.05, 4.69) is 16.0 Å². The third kappa shape index (κ3) is 8.81. The van der Waals surface area contributed by atoms with E-state index >= 15 is 0 Å². The van der Waals surface area contributed by atoms with Gasteiger partial charge in [-0.2, -0.15) is 0 Å². The second-order valence-corrected chi connectivity index (χ2v) is 11.0. The van der Waals surface area contributed by atoms with Crippen molar-refractivity contribution in [3.8, 4) is 0 Å². The van der Waals surface area contributed by atoms with Crippen LogP contribution in [-0.2, 0) is 9.59 Å². The van der Waals surface area contributed by atoms with Crippen molar-refractivity contribution in [1.29, 1.82) is 0 Å². The Hall–Kier alpha value is -4.86. The van der Waals surface area contributed by atoms with Gasteiger partial charge < -0.3 is 21.7 Å². The van der Waals surface area contributed by atoms with Gasteiger partial charge in [0, 0.05) is 21.2 Å². The maximum absolute atomic E-state index is 13.4. The van der Waals surface area contributed by atoms with E-state index in [0.717, 1.165) is 4.90 Å². The number of hydrogen-bond donors (Lipinski definition) is 4. The minimum atomic E-state index is -0.635. The van der Waals surface area contributed by atoms with E-state index in [9.17, 15) is 19.2 Å². The molecule has 0 fully saturated rings. The Bertz CT molecular complexity index is 1660. The van der Waals surface area contributed by atoms with E-state index < -0.39 is 23.0 Å². The number of hydrogen-bond acceptors (Lipinski definition) is 5. The summed E-state index contributed by atoms with van der Waals surface area (Å²) in [6, 6.07) is 29.0. The van der Waals surface area contributed by atoms with Gasteiger partial charge in [0.2, 0.25) is 5.91 Å². The minimum Gasteiger partial charge on any atom is -0.366 e. The summed E-state index contributed by atoms with van der Waals surface area (Å²) in [6.07, 6.45) is 2.07. The summed E-state index contributed by atoms with van der Waals surface area (Å²) >= 11 is 7.32. The fraction of sp³-hybridized carbons (Fsp3) is 0.0909. The number of nitrogens with two attached hydrogens (primary N) is 1. The highest BCUT2D eigenvalue weighted by molar-refractivity contribution is 8.00. The van der Waals surface area contributed by atoms with Crippen LogP contribution in [0.25, 0.3) is 6.08 Å². The van der Waals surface area contributed by atoms with Gasteiger partial charge in [-0.15, -0.1) is 11.8 Å². The summed E-state index contributed by atoms with van der Waals surface area (Å²) in [5.74, 6) is -1.89. The van der Waals surface area contributed by atoms with Crippen molar-refractivity contribution in [3.05, 3.63) is 131 Å². The van der Waals surface area contributed by atoms with Crippen LogP contribution < -0.4 is 21.7 Å². The summed E-state index contributed by atoms with van der Waals surface area (Å²) in [5, 5.41) is 8.40. The molecule has 8 nitrogen and oxygen atoms in total. The molecule has 0 aliphatic rings. The molecule has 0 saturated carbocycles. The van der Waals surface area contributed by atoms with Gasteiger partial charge in [-0.25, -0.2) is 0 Å². The molecular weight excluding hydrogens is 584 g/mol. The lowest BCUT2D eigenvalue weighted by Crippen LogP contribution is -2.30. The maximum Gasteiger partial charge on any atom is 0.272 e. The SMILES string of the molecule is CCC(Sc1cccc(NC(=O)/C(=C\c2ccc(Cl)cc2)NC(=O)c2ccccc2)c1)C(=O)Nc1ccccc1C(N)=O. The average Bonchev–Trinajstić information content (AvgIpc) is 3.01. The Labute approximate surface area is 258 Å². The number of para-hydroxylation sites is 1. The van der Waals surface area contributed by atoms with Crippen LogP contribution in [0.1, 0.15) is 39.6 Å². The zero-order valence-electron chi connectivity index (χ0n) is 23.2. The molecule has 0 aliphatic carbocycles. The predicted molar refractivity (Wildman–Crippen MR) is 172 cm³/mol. The van der Waals surface area contributed by atoms with E-state index in [1.54, 1.807) is 103 Å². The molecule has 0 heterocycles. The number of carbonyl (C=O) groups excluding carboxylic acids is 4. The van der Waals surface area contributed by atoms with Gasteiger partial charge >= 0.3 is 0 Å². The van der Waals surface area contributed by atoms with Gasteiger partial charge in [0.1, 0.15) is 5.70 Å². The number of nitrogens with one attached hydrogen (secondary N) is 3. The van der Waals surface area contributed by atoms with Crippen LogP contribution >= 0.6 is 23.4 Å². The van der Waals surface area contributed by atoms with Gasteiger partial charge in [-0.05, 0) is 72.7 Å². The highest BCUT2D eigenvalue weighted by atomic mass is 35.5. The Morgan fingerprint density at radius 3 is 2.26 bits per heavy atom. The maximum atomic E-state index is 13.4. The largest absolute Gasteiger partial charge is 0.366 e. The van der Waals surface area contributed by atoms with Crippen LogP contribution in [0.4, 0.5) is 11.4 Å². The van der Waals surface area contributed by atoms with Gasteiger partial charge in [-0.1, -0.05) is 67.1 Å². The molecule has 4 rings (SSSR count). The lowest BCUT2D eigenvalue weighted by Gasteiger charge is -2.17. The van der Waals surface area contributed by atoms with Crippen LogP contribution in [0.5, 0.6) is 0 Å². The molecule has 0 aliphatic heterocycles. The first-order chi connectivity index (χ1) is 20.7. The first-order valence-electron chi connectivity index (χ1n) is 13.3. The molecule has 0 saturated heterocycles. The Kier molecular flexibility index (Phi) is 10.7. The number of halogens is 1. The number of benzene rings is 4. The highest BCUT2D eigenvalue weighted by Gasteiger charge is 2.21. The molecular formula is C33H29ClN4O4S. The number of rotatable bonds is 11. The molecule has 0 radical (unpaired) electrons. The van der Waals surface area contributed by atoms with Crippen molar-refractivity contribution in [3.63, 3.8) is 0 Å². The predicted octanol–water partition coefficient (Wildman–Crippen LogP) is 6.36. The second kappa shape index (κ2) is 14.9. The van der Waals surface area contributed by atoms with Crippen molar-refractivity contribution in [2.45, 2.75) is 23.5 Å². The van der Waals surface area contributed by atoms with Crippen molar-refractivity contribution >= 4 is 64.4 Å². The number of carbonyl (C=O) groups is 4. The van der Waals surface area contributed by atoms with Crippen LogP contribution in [0.3, 0.4) is 0 Å². The second-order valence-electron chi connectivity index (χ2n) is 9.33. The smallest absolute Gasteiger partial charge is 0.272 e. The lowest BCUT2D eigenvalue weighted by molar-refractivity contribution is -0.116. The average molecular weight is 613 g/mol. The van der Waals surface area contributed by atoms with Crippen molar-refractivity contribution < 1.29 is 19.2 Å². The third-order valence-corrected chi connectivity index (χ3v) is 7.80. The van der Waals surface area contributed by atoms with E-state index in [0.29, 0.717) is 33.9 Å². The molecule has 0 aromatic heterocycles. The first-order valence-corrected chi connectivity index (χ1v) is 14.6. The van der Waals surface area contributed by atoms with E-state index in [1.807, 2.05) is 13.0 Å². The van der Waals surface area contributed by atoms with Crippen LogP contribution in [-0.4, -0.2) is 28.9 Å². The first kappa shape index (κ1) is 31.1. The van der Waals surface area contributed by atoms with Gasteiger partial charge in [0.15, 0.2) is 0 Å². The van der Waals surface area contributed by atoms with Gasteiger partial charge in [-0.3, -0.25) is 19.2 Å². The van der Waals surface area contributed by atoms with E-state index in [1.165, 1.54) is 11.8 Å². The number of anilines is 2. The molecule has 1 unspecified atom stereocenters. The Morgan fingerprint density at radius 1 is 0.860 bits per heavy atom. The van der Waals surface area contributed by atoms with Crippen LogP contribution in [0.2, 0.25) is 5.02 Å². The molecule has 1 atom stereocenters. The zero-order chi connectivity index (χ0) is 30.8. The fourth-order valence-corrected chi connectivity index (χ4v) is 5.16. The monoisotopic (exact) mass is 612 g/mol.